The normalized spacial score (nSPS) is 17.7. The maximum absolute atomic E-state index is 10.7. The molecule has 1 atom stereocenters. The molecule has 0 aliphatic carbocycles. The van der Waals surface area contributed by atoms with Crippen LogP contribution in [0.1, 0.15) is 6.92 Å². The number of nitrogens with zero attached hydrogens (tertiary/aromatic N) is 5. The smallest absolute Gasteiger partial charge is 0.206 e. The van der Waals surface area contributed by atoms with E-state index in [-0.39, 0.29) is 5.88 Å². The molecular weight excluding hydrogens is 340 g/mol. The highest BCUT2D eigenvalue weighted by Gasteiger charge is 2.19. The van der Waals surface area contributed by atoms with Gasteiger partial charge in [-0.25, -0.2) is 9.97 Å². The Labute approximate surface area is 156 Å². The van der Waals surface area contributed by atoms with Crippen molar-refractivity contribution < 1.29 is 5.11 Å². The van der Waals surface area contributed by atoms with Gasteiger partial charge in [-0.05, 0) is 31.2 Å². The summed E-state index contributed by atoms with van der Waals surface area (Å²) in [5, 5.41) is 15.7. The van der Waals surface area contributed by atoms with Gasteiger partial charge in [0.05, 0.1) is 10.9 Å². The monoisotopic (exact) mass is 360 g/mol. The molecular formula is C20H20N6O. The van der Waals surface area contributed by atoms with Crippen molar-refractivity contribution in [3.63, 3.8) is 0 Å². The topological polar surface area (TPSA) is 79.1 Å². The summed E-state index contributed by atoms with van der Waals surface area (Å²) in [5.74, 6) is 1.72. The van der Waals surface area contributed by atoms with E-state index < -0.39 is 0 Å². The lowest BCUT2D eigenvalue weighted by Crippen LogP contribution is -2.49. The number of aromatic hydroxyl groups is 1. The van der Waals surface area contributed by atoms with Gasteiger partial charge in [0.25, 0.3) is 0 Å². The Morgan fingerprint density at radius 3 is 2.85 bits per heavy atom. The third-order valence-corrected chi connectivity index (χ3v) is 5.05. The van der Waals surface area contributed by atoms with E-state index in [0.29, 0.717) is 17.2 Å². The van der Waals surface area contributed by atoms with Crippen LogP contribution in [0.25, 0.3) is 27.6 Å². The van der Waals surface area contributed by atoms with Crippen molar-refractivity contribution >= 4 is 27.6 Å². The first-order valence-corrected chi connectivity index (χ1v) is 9.10. The number of nitrogens with one attached hydrogen (secondary N) is 1. The minimum absolute atomic E-state index is 0.126. The van der Waals surface area contributed by atoms with E-state index in [2.05, 4.69) is 27.1 Å². The Bertz CT molecular complexity index is 1120. The van der Waals surface area contributed by atoms with Crippen LogP contribution < -0.4 is 10.2 Å². The highest BCUT2D eigenvalue weighted by molar-refractivity contribution is 6.06. The van der Waals surface area contributed by atoms with E-state index in [0.717, 1.165) is 41.9 Å². The quantitative estimate of drug-likeness (QED) is 0.572. The fourth-order valence-electron chi connectivity index (χ4n) is 3.69. The van der Waals surface area contributed by atoms with E-state index in [1.54, 1.807) is 17.0 Å². The van der Waals surface area contributed by atoms with E-state index in [1.807, 2.05) is 36.5 Å². The van der Waals surface area contributed by atoms with Gasteiger partial charge in [-0.15, -0.1) is 0 Å². The highest BCUT2D eigenvalue weighted by Crippen LogP contribution is 2.33. The number of hydrogen-bond donors (Lipinski definition) is 2. The zero-order chi connectivity index (χ0) is 18.4. The van der Waals surface area contributed by atoms with Crippen LogP contribution in [0, 0.1) is 0 Å². The van der Waals surface area contributed by atoms with Gasteiger partial charge in [0.1, 0.15) is 17.2 Å². The Balaban J connectivity index is 1.68. The average Bonchev–Trinajstić information content (AvgIpc) is 3.05. The molecule has 4 aromatic rings. The fourth-order valence-corrected chi connectivity index (χ4v) is 3.69. The molecule has 0 aromatic carbocycles. The number of anilines is 1. The first kappa shape index (κ1) is 16.0. The third-order valence-electron chi connectivity index (χ3n) is 5.05. The van der Waals surface area contributed by atoms with Crippen LogP contribution in [-0.4, -0.2) is 50.3 Å². The zero-order valence-corrected chi connectivity index (χ0v) is 15.0. The Hall–Kier alpha value is -3.19. The number of hydrogen-bond acceptors (Lipinski definition) is 6. The molecule has 0 saturated carbocycles. The van der Waals surface area contributed by atoms with Gasteiger partial charge in [0.15, 0.2) is 0 Å². The molecule has 1 aliphatic rings. The SMILES string of the molecule is CC1CN(c2ccc3ncc4c(O)n(-c5ccccn5)cc4c3n2)CCN1. The highest BCUT2D eigenvalue weighted by atomic mass is 16.3. The summed E-state index contributed by atoms with van der Waals surface area (Å²) in [7, 11) is 0. The van der Waals surface area contributed by atoms with Crippen molar-refractivity contribution in [1.29, 1.82) is 0 Å². The molecule has 1 unspecified atom stereocenters. The van der Waals surface area contributed by atoms with Crippen LogP contribution in [0.2, 0.25) is 0 Å². The number of piperazine rings is 1. The Kier molecular flexibility index (Phi) is 3.68. The van der Waals surface area contributed by atoms with Crippen LogP contribution in [0.15, 0.2) is 48.9 Å². The van der Waals surface area contributed by atoms with E-state index in [9.17, 15) is 5.11 Å². The summed E-state index contributed by atoms with van der Waals surface area (Å²) in [5.41, 5.74) is 1.61. The molecule has 7 nitrogen and oxygen atoms in total. The summed E-state index contributed by atoms with van der Waals surface area (Å²) in [6.07, 6.45) is 5.28. The van der Waals surface area contributed by atoms with Crippen molar-refractivity contribution in [1.82, 2.24) is 24.8 Å². The van der Waals surface area contributed by atoms with Crippen LogP contribution in [0.3, 0.4) is 0 Å². The summed E-state index contributed by atoms with van der Waals surface area (Å²) >= 11 is 0. The number of pyridine rings is 3. The van der Waals surface area contributed by atoms with E-state index in [1.165, 1.54) is 0 Å². The first-order valence-electron chi connectivity index (χ1n) is 9.10. The van der Waals surface area contributed by atoms with Gasteiger partial charge in [0.2, 0.25) is 5.88 Å². The maximum atomic E-state index is 10.7. The molecule has 4 aromatic heterocycles. The molecule has 5 heterocycles. The molecule has 7 heteroatoms. The zero-order valence-electron chi connectivity index (χ0n) is 15.0. The van der Waals surface area contributed by atoms with Gasteiger partial charge in [-0.3, -0.25) is 9.55 Å². The summed E-state index contributed by atoms with van der Waals surface area (Å²) in [6.45, 7) is 4.96. The van der Waals surface area contributed by atoms with Crippen molar-refractivity contribution in [2.75, 3.05) is 24.5 Å². The summed E-state index contributed by atoms with van der Waals surface area (Å²) < 4.78 is 1.67. The predicted octanol–water partition coefficient (Wildman–Crippen LogP) is 2.47. The van der Waals surface area contributed by atoms with E-state index in [4.69, 9.17) is 4.98 Å². The third kappa shape index (κ3) is 2.67. The van der Waals surface area contributed by atoms with Crippen molar-refractivity contribution in [2.24, 2.45) is 0 Å². The van der Waals surface area contributed by atoms with Crippen LogP contribution in [0.5, 0.6) is 5.88 Å². The minimum Gasteiger partial charge on any atom is -0.494 e. The molecule has 27 heavy (non-hydrogen) atoms. The van der Waals surface area contributed by atoms with Gasteiger partial charge >= 0.3 is 0 Å². The molecule has 0 bridgehead atoms. The second-order valence-corrected chi connectivity index (χ2v) is 6.93. The molecule has 2 N–H and O–H groups in total. The minimum atomic E-state index is 0.126. The summed E-state index contributed by atoms with van der Waals surface area (Å²) in [4.78, 5) is 16.0. The average molecular weight is 360 g/mol. The standard InChI is InChI=1S/C20H20N6O/c1-13-11-25(9-8-21-13)18-6-5-16-19(24-18)15-12-26(17-4-2-3-7-22-17)20(27)14(15)10-23-16/h2-7,10,12-13,21,27H,8-9,11H2,1H3. The largest absolute Gasteiger partial charge is 0.494 e. The van der Waals surface area contributed by atoms with Crippen LogP contribution in [-0.2, 0) is 0 Å². The molecule has 1 saturated heterocycles. The maximum Gasteiger partial charge on any atom is 0.206 e. The van der Waals surface area contributed by atoms with Crippen molar-refractivity contribution in [3.8, 4) is 11.7 Å². The molecule has 0 radical (unpaired) electrons. The lowest BCUT2D eigenvalue weighted by Gasteiger charge is -2.32. The van der Waals surface area contributed by atoms with Crippen molar-refractivity contribution in [3.05, 3.63) is 48.9 Å². The Morgan fingerprint density at radius 1 is 1.11 bits per heavy atom. The van der Waals surface area contributed by atoms with Gasteiger partial charge in [-0.2, -0.15) is 0 Å². The lowest BCUT2D eigenvalue weighted by molar-refractivity contribution is 0.447. The molecule has 1 aliphatic heterocycles. The molecule has 5 rings (SSSR count). The number of rotatable bonds is 2. The van der Waals surface area contributed by atoms with Crippen LogP contribution >= 0.6 is 0 Å². The Morgan fingerprint density at radius 2 is 2.04 bits per heavy atom. The van der Waals surface area contributed by atoms with Crippen molar-refractivity contribution in [2.45, 2.75) is 13.0 Å². The molecule has 1 fully saturated rings. The van der Waals surface area contributed by atoms with E-state index >= 15 is 0 Å². The van der Waals surface area contributed by atoms with Gasteiger partial charge in [-0.1, -0.05) is 6.07 Å². The molecule has 136 valence electrons. The first-order chi connectivity index (χ1) is 13.2. The fraction of sp³-hybridized carbons (Fsp3) is 0.250. The second-order valence-electron chi connectivity index (χ2n) is 6.93. The van der Waals surface area contributed by atoms with Crippen LogP contribution in [0.4, 0.5) is 5.82 Å². The molecule has 0 amide bonds. The van der Waals surface area contributed by atoms with Gasteiger partial charge in [0, 0.05) is 49.7 Å². The molecule has 0 spiro atoms. The number of fused-ring (bicyclic) bond motifs is 3. The lowest BCUT2D eigenvalue weighted by atomic mass is 10.2. The van der Waals surface area contributed by atoms with Gasteiger partial charge < -0.3 is 15.3 Å². The summed E-state index contributed by atoms with van der Waals surface area (Å²) in [6, 6.07) is 10.1. The predicted molar refractivity (Wildman–Crippen MR) is 106 cm³/mol. The number of aromatic nitrogens is 4. The second kappa shape index (κ2) is 6.21.